The first-order valence-corrected chi connectivity index (χ1v) is 8.24. The van der Waals surface area contributed by atoms with Crippen molar-refractivity contribution in [2.75, 3.05) is 0 Å². The molecule has 2 aliphatic carbocycles. The van der Waals surface area contributed by atoms with E-state index in [4.69, 9.17) is 4.74 Å². The second-order valence-electron chi connectivity index (χ2n) is 7.02. The molecule has 5 rings (SSSR count). The Labute approximate surface area is 140 Å². The molecule has 0 N–H and O–H groups in total. The molecule has 4 atom stereocenters. The van der Waals surface area contributed by atoms with E-state index in [0.717, 1.165) is 17.5 Å². The molecule has 2 aromatic carbocycles. The molecule has 1 aliphatic heterocycles. The average molecular weight is 316 g/mol. The van der Waals surface area contributed by atoms with Crippen LogP contribution in [0.1, 0.15) is 17.5 Å². The quantitative estimate of drug-likeness (QED) is 0.486. The maximum atomic E-state index is 12.5. The van der Waals surface area contributed by atoms with Gasteiger partial charge in [-0.2, -0.15) is 0 Å². The molecule has 0 radical (unpaired) electrons. The van der Waals surface area contributed by atoms with E-state index in [-0.39, 0.29) is 11.9 Å². The fraction of sp³-hybridized carbons (Fsp3) is 0.238. The molecule has 1 saturated carbocycles. The molecule has 3 nitrogen and oxygen atoms in total. The maximum absolute atomic E-state index is 12.5. The van der Waals surface area contributed by atoms with Gasteiger partial charge < -0.3 is 4.74 Å². The highest BCUT2D eigenvalue weighted by Gasteiger charge is 2.72. The summed E-state index contributed by atoms with van der Waals surface area (Å²) in [5.74, 6) is -1.62. The summed E-state index contributed by atoms with van der Waals surface area (Å²) < 4.78 is 5.08. The molecule has 3 aliphatic rings. The van der Waals surface area contributed by atoms with Gasteiger partial charge in [-0.25, -0.2) is 0 Å². The molecule has 0 unspecified atom stereocenters. The van der Waals surface area contributed by atoms with Crippen molar-refractivity contribution in [3.8, 4) is 0 Å². The van der Waals surface area contributed by atoms with Crippen molar-refractivity contribution in [3.63, 3.8) is 0 Å². The minimum atomic E-state index is -0.453. The van der Waals surface area contributed by atoms with Gasteiger partial charge in [-0.15, -0.1) is 0 Å². The van der Waals surface area contributed by atoms with Crippen LogP contribution in [-0.2, 0) is 25.2 Å². The number of esters is 2. The van der Waals surface area contributed by atoms with E-state index in [0.29, 0.717) is 0 Å². The number of hydrogen-bond donors (Lipinski definition) is 0. The Morgan fingerprint density at radius 1 is 0.708 bits per heavy atom. The highest BCUT2D eigenvalue weighted by atomic mass is 16.6. The third kappa shape index (κ3) is 1.47. The number of carbonyl (C=O) groups excluding carboxylic acids is 2. The van der Waals surface area contributed by atoms with Crippen molar-refractivity contribution in [2.45, 2.75) is 17.3 Å². The highest BCUT2D eigenvalue weighted by molar-refractivity contribution is 6.00. The lowest BCUT2D eigenvalue weighted by Crippen LogP contribution is -2.37. The standard InChI is InChI=1S/C21H16O3/c22-18-16-17(19(23)24-18)21(15-9-5-2-6-10-15)12-11-20(16,13-21)14-7-3-1-4-8-14/h1-12,16-17H,13H2/t16-,17-,20+,21+/m1/s1. The average Bonchev–Trinajstić information content (AvgIpc) is 3.27. The molecule has 1 saturated heterocycles. The lowest BCUT2D eigenvalue weighted by Gasteiger charge is -2.30. The molecular formula is C21H16O3. The predicted octanol–water partition coefficient (Wildman–Crippen LogP) is 3.15. The van der Waals surface area contributed by atoms with Gasteiger partial charge in [0.25, 0.3) is 0 Å². The van der Waals surface area contributed by atoms with Crippen LogP contribution in [0.3, 0.4) is 0 Å². The topological polar surface area (TPSA) is 43.4 Å². The summed E-state index contributed by atoms with van der Waals surface area (Å²) >= 11 is 0. The van der Waals surface area contributed by atoms with E-state index < -0.39 is 22.7 Å². The number of ether oxygens (including phenoxy) is 1. The molecule has 3 heteroatoms. The monoisotopic (exact) mass is 316 g/mol. The number of carbonyl (C=O) groups is 2. The van der Waals surface area contributed by atoms with Gasteiger partial charge >= 0.3 is 11.9 Å². The van der Waals surface area contributed by atoms with Gasteiger partial charge in [-0.3, -0.25) is 9.59 Å². The Bertz CT molecular complexity index is 799. The van der Waals surface area contributed by atoms with Crippen LogP contribution in [0.4, 0.5) is 0 Å². The van der Waals surface area contributed by atoms with Crippen LogP contribution in [0, 0.1) is 11.8 Å². The summed E-state index contributed by atoms with van der Waals surface area (Å²) in [6.45, 7) is 0. The second kappa shape index (κ2) is 4.44. The second-order valence-corrected chi connectivity index (χ2v) is 7.02. The fourth-order valence-electron chi connectivity index (χ4n) is 5.09. The maximum Gasteiger partial charge on any atom is 0.318 e. The summed E-state index contributed by atoms with van der Waals surface area (Å²) in [5.41, 5.74) is 1.26. The molecule has 24 heavy (non-hydrogen) atoms. The van der Waals surface area contributed by atoms with E-state index in [1.165, 1.54) is 0 Å². The summed E-state index contributed by atoms with van der Waals surface area (Å²) in [7, 11) is 0. The lowest BCUT2D eigenvalue weighted by molar-refractivity contribution is -0.155. The van der Waals surface area contributed by atoms with Crippen LogP contribution in [0.5, 0.6) is 0 Å². The zero-order valence-electron chi connectivity index (χ0n) is 13.0. The Morgan fingerprint density at radius 2 is 1.12 bits per heavy atom. The van der Waals surface area contributed by atoms with Crippen LogP contribution >= 0.6 is 0 Å². The van der Waals surface area contributed by atoms with Gasteiger partial charge in [0, 0.05) is 10.8 Å². The van der Waals surface area contributed by atoms with E-state index in [1.54, 1.807) is 0 Å². The van der Waals surface area contributed by atoms with E-state index in [1.807, 2.05) is 60.7 Å². The predicted molar refractivity (Wildman–Crippen MR) is 88.1 cm³/mol. The van der Waals surface area contributed by atoms with Gasteiger partial charge in [0.05, 0.1) is 11.8 Å². The Balaban J connectivity index is 1.75. The van der Waals surface area contributed by atoms with Gasteiger partial charge in [-0.1, -0.05) is 72.8 Å². The first-order chi connectivity index (χ1) is 11.7. The van der Waals surface area contributed by atoms with Crippen LogP contribution in [0.2, 0.25) is 0 Å². The first kappa shape index (κ1) is 13.7. The van der Waals surface area contributed by atoms with Crippen molar-refractivity contribution < 1.29 is 14.3 Å². The van der Waals surface area contributed by atoms with Crippen LogP contribution in [-0.4, -0.2) is 11.9 Å². The van der Waals surface area contributed by atoms with Crippen molar-refractivity contribution in [1.82, 2.24) is 0 Å². The minimum Gasteiger partial charge on any atom is -0.393 e. The van der Waals surface area contributed by atoms with Crippen LogP contribution < -0.4 is 0 Å². The SMILES string of the molecule is O=C1OC(=O)[C@H]2[C@H]1[C@@]1(c3ccccc3)C=C[C@@]2(c2ccccc2)C1. The van der Waals surface area contributed by atoms with Crippen LogP contribution in [0.15, 0.2) is 72.8 Å². The minimum absolute atomic E-state index is 0.379. The lowest BCUT2D eigenvalue weighted by atomic mass is 9.68. The smallest absolute Gasteiger partial charge is 0.318 e. The number of cyclic esters (lactones) is 2. The number of rotatable bonds is 2. The molecular weight excluding hydrogens is 300 g/mol. The van der Waals surface area contributed by atoms with Crippen molar-refractivity contribution in [2.24, 2.45) is 11.8 Å². The summed E-state index contributed by atoms with van der Waals surface area (Å²) in [4.78, 5) is 25.1. The molecule has 118 valence electrons. The molecule has 2 aromatic rings. The zero-order chi connectivity index (χ0) is 16.4. The Hall–Kier alpha value is -2.68. The van der Waals surface area contributed by atoms with E-state index in [2.05, 4.69) is 12.2 Å². The van der Waals surface area contributed by atoms with Crippen molar-refractivity contribution >= 4 is 11.9 Å². The zero-order valence-corrected chi connectivity index (χ0v) is 13.0. The Kier molecular flexibility index (Phi) is 2.54. The summed E-state index contributed by atoms with van der Waals surface area (Å²) in [6.07, 6.45) is 5.01. The third-order valence-corrected chi connectivity index (χ3v) is 6.04. The van der Waals surface area contributed by atoms with E-state index in [9.17, 15) is 9.59 Å². The molecule has 0 aromatic heterocycles. The van der Waals surface area contributed by atoms with Gasteiger partial charge in [0.15, 0.2) is 0 Å². The van der Waals surface area contributed by atoms with Crippen LogP contribution in [0.25, 0.3) is 0 Å². The van der Waals surface area contributed by atoms with Gasteiger partial charge in [0.1, 0.15) is 0 Å². The fourth-order valence-corrected chi connectivity index (χ4v) is 5.09. The number of benzene rings is 2. The van der Waals surface area contributed by atoms with Gasteiger partial charge in [0.2, 0.25) is 0 Å². The molecule has 0 spiro atoms. The van der Waals surface area contributed by atoms with E-state index >= 15 is 0 Å². The largest absolute Gasteiger partial charge is 0.393 e. The number of hydrogen-bond acceptors (Lipinski definition) is 3. The molecule has 2 bridgehead atoms. The first-order valence-electron chi connectivity index (χ1n) is 8.24. The van der Waals surface area contributed by atoms with Gasteiger partial charge in [-0.05, 0) is 17.5 Å². The summed E-state index contributed by atoms with van der Waals surface area (Å²) in [6, 6.07) is 20.0. The molecule has 2 fully saturated rings. The normalized spacial score (nSPS) is 36.0. The van der Waals surface area contributed by atoms with Crippen molar-refractivity contribution in [1.29, 1.82) is 0 Å². The number of allylic oxidation sites excluding steroid dienone is 2. The summed E-state index contributed by atoms with van der Waals surface area (Å²) in [5, 5.41) is 0. The highest BCUT2D eigenvalue weighted by Crippen LogP contribution is 2.66. The third-order valence-electron chi connectivity index (χ3n) is 6.04. The molecule has 0 amide bonds. The number of fused-ring (bicyclic) bond motifs is 5. The Morgan fingerprint density at radius 3 is 1.54 bits per heavy atom. The molecule has 1 heterocycles. The van der Waals surface area contributed by atoms with Crippen molar-refractivity contribution in [3.05, 3.63) is 83.9 Å².